The Morgan fingerprint density at radius 3 is 2.44 bits per heavy atom. The van der Waals surface area contributed by atoms with Gasteiger partial charge in [0.1, 0.15) is 11.8 Å². The second kappa shape index (κ2) is 16.4. The molecule has 0 spiro atoms. The van der Waals surface area contributed by atoms with E-state index in [0.717, 1.165) is 42.9 Å². The lowest BCUT2D eigenvalue weighted by Gasteiger charge is -2.13. The van der Waals surface area contributed by atoms with Crippen molar-refractivity contribution in [2.45, 2.75) is 57.4 Å². The molecule has 180 valence electrons. The summed E-state index contributed by atoms with van der Waals surface area (Å²) in [7, 11) is 3.80. The number of hydroxylamine groups is 2. The Kier molecular flexibility index (Phi) is 14.2. The molecule has 3 N–H and O–H groups in total. The zero-order valence-electron chi connectivity index (χ0n) is 18.1. The number of methoxy groups -OCH3 is 1. The smallest absolute Gasteiger partial charge is 0.343 e. The molecular weight excluding hydrogens is 460 g/mol. The summed E-state index contributed by atoms with van der Waals surface area (Å²) in [4.78, 5) is 66.5. The number of unbranched alkanes of at least 4 members (excludes halogenated alkanes) is 4. The number of aliphatic imine (C=N–C) groups is 1. The molecule has 0 saturated carbocycles. The van der Waals surface area contributed by atoms with E-state index in [9.17, 15) is 24.0 Å². The Hall–Kier alpha value is -2.28. The van der Waals surface area contributed by atoms with E-state index in [1.807, 2.05) is 0 Å². The fourth-order valence-electron chi connectivity index (χ4n) is 2.59. The number of nitrogens with zero attached hydrogens (tertiary/aromatic N) is 2. The molecular formula is C19H30N4O7S2. The zero-order valence-corrected chi connectivity index (χ0v) is 19.7. The number of nitrogens with two attached hydrogens (primary N) is 1. The van der Waals surface area contributed by atoms with Gasteiger partial charge in [-0.05, 0) is 12.8 Å². The molecule has 1 aliphatic rings. The summed E-state index contributed by atoms with van der Waals surface area (Å²) in [6.07, 6.45) is 6.08. The molecule has 0 aromatic carbocycles. The van der Waals surface area contributed by atoms with Crippen LogP contribution in [-0.4, -0.2) is 72.3 Å². The van der Waals surface area contributed by atoms with Gasteiger partial charge in [0.05, 0.1) is 7.11 Å². The van der Waals surface area contributed by atoms with Crippen LogP contribution in [0.4, 0.5) is 0 Å². The highest BCUT2D eigenvalue weighted by Gasteiger charge is 2.32. The highest BCUT2D eigenvalue weighted by molar-refractivity contribution is 8.76. The predicted molar refractivity (Wildman–Crippen MR) is 121 cm³/mol. The molecule has 0 radical (unpaired) electrons. The van der Waals surface area contributed by atoms with Crippen LogP contribution in [0.25, 0.3) is 0 Å². The largest absolute Gasteiger partial charge is 0.487 e. The van der Waals surface area contributed by atoms with Crippen LogP contribution < -0.4 is 11.1 Å². The molecule has 1 fully saturated rings. The summed E-state index contributed by atoms with van der Waals surface area (Å²) in [5.74, 6) is -2.13. The molecule has 4 amide bonds. The zero-order chi connectivity index (χ0) is 23.8. The van der Waals surface area contributed by atoms with E-state index in [2.05, 4.69) is 10.3 Å². The van der Waals surface area contributed by atoms with Gasteiger partial charge in [0.2, 0.25) is 11.8 Å². The Morgan fingerprint density at radius 2 is 1.78 bits per heavy atom. The van der Waals surface area contributed by atoms with Crippen LogP contribution in [0.5, 0.6) is 0 Å². The van der Waals surface area contributed by atoms with Crippen molar-refractivity contribution in [3.63, 3.8) is 0 Å². The van der Waals surface area contributed by atoms with Gasteiger partial charge in [-0.3, -0.25) is 19.2 Å². The molecule has 1 saturated heterocycles. The summed E-state index contributed by atoms with van der Waals surface area (Å²) in [5.41, 5.74) is 5.09. The number of hydrogen-bond acceptors (Lipinski definition) is 10. The summed E-state index contributed by atoms with van der Waals surface area (Å²) in [6, 6.07) is -0.694. The van der Waals surface area contributed by atoms with E-state index in [1.54, 1.807) is 0 Å². The van der Waals surface area contributed by atoms with Crippen LogP contribution in [0.1, 0.15) is 51.4 Å². The van der Waals surface area contributed by atoms with Crippen molar-refractivity contribution < 1.29 is 33.5 Å². The third kappa shape index (κ3) is 11.9. The minimum absolute atomic E-state index is 0.0393. The fourth-order valence-corrected chi connectivity index (χ4v) is 4.50. The van der Waals surface area contributed by atoms with E-state index in [1.165, 1.54) is 24.3 Å². The van der Waals surface area contributed by atoms with E-state index in [0.29, 0.717) is 23.8 Å². The van der Waals surface area contributed by atoms with Crippen molar-refractivity contribution in [3.8, 4) is 0 Å². The number of amides is 4. The van der Waals surface area contributed by atoms with E-state index in [-0.39, 0.29) is 30.4 Å². The molecule has 11 nitrogen and oxygen atoms in total. The molecule has 0 aromatic heterocycles. The average Bonchev–Trinajstić information content (AvgIpc) is 3.06. The molecule has 1 heterocycles. The monoisotopic (exact) mass is 490 g/mol. The van der Waals surface area contributed by atoms with Crippen molar-refractivity contribution in [3.05, 3.63) is 0 Å². The molecule has 1 atom stereocenters. The molecule has 1 aliphatic heterocycles. The van der Waals surface area contributed by atoms with Gasteiger partial charge in [0.25, 0.3) is 11.8 Å². The van der Waals surface area contributed by atoms with Gasteiger partial charge in [-0.25, -0.2) is 9.79 Å². The predicted octanol–water partition coefficient (Wildman–Crippen LogP) is 0.960. The number of rotatable bonds is 17. The molecule has 0 aromatic rings. The molecule has 0 bridgehead atoms. The maximum absolute atomic E-state index is 12.4. The first-order chi connectivity index (χ1) is 15.3. The standard InChI is InChI=1S/C19H30N4O7S2/c1-29-13-22-14(19(28)21-10-6-4-2-3-5-7-15(20)24)11-31-32-12-18(27)30-23-16(25)8-9-17(23)26/h13-14H,2-12H2,1H3,(H2,20,24)(H,21,28). The third-order valence-electron chi connectivity index (χ3n) is 4.23. The lowest BCUT2D eigenvalue weighted by Crippen LogP contribution is -2.35. The van der Waals surface area contributed by atoms with Crippen LogP contribution in [0, 0.1) is 0 Å². The number of hydrogen-bond donors (Lipinski definition) is 2. The minimum Gasteiger partial charge on any atom is -0.487 e. The first-order valence-corrected chi connectivity index (χ1v) is 12.8. The van der Waals surface area contributed by atoms with E-state index < -0.39 is 23.8 Å². The Bertz CT molecular complexity index is 675. The van der Waals surface area contributed by atoms with Gasteiger partial charge in [-0.15, -0.1) is 5.06 Å². The normalized spacial score (nSPS) is 14.6. The summed E-state index contributed by atoms with van der Waals surface area (Å²) in [5, 5.41) is 3.33. The summed E-state index contributed by atoms with van der Waals surface area (Å²) < 4.78 is 4.79. The van der Waals surface area contributed by atoms with Gasteiger partial charge in [0.15, 0.2) is 6.40 Å². The maximum Gasteiger partial charge on any atom is 0.343 e. The molecule has 1 unspecified atom stereocenters. The van der Waals surface area contributed by atoms with E-state index in [4.69, 9.17) is 15.3 Å². The number of imide groups is 1. The quantitative estimate of drug-likeness (QED) is 0.0996. The van der Waals surface area contributed by atoms with Crippen molar-refractivity contribution >= 4 is 57.6 Å². The topological polar surface area (TPSA) is 157 Å². The Morgan fingerprint density at radius 1 is 1.12 bits per heavy atom. The van der Waals surface area contributed by atoms with Crippen LogP contribution in [0.2, 0.25) is 0 Å². The van der Waals surface area contributed by atoms with Gasteiger partial charge >= 0.3 is 5.97 Å². The number of carbonyl (C=O) groups is 5. The minimum atomic E-state index is -0.719. The maximum atomic E-state index is 12.4. The van der Waals surface area contributed by atoms with Crippen LogP contribution in [0.3, 0.4) is 0 Å². The highest BCUT2D eigenvalue weighted by atomic mass is 33.1. The van der Waals surface area contributed by atoms with Gasteiger partial charge in [-0.1, -0.05) is 40.9 Å². The fraction of sp³-hybridized carbons (Fsp3) is 0.684. The molecule has 32 heavy (non-hydrogen) atoms. The summed E-state index contributed by atoms with van der Waals surface area (Å²) >= 11 is 0. The average molecular weight is 491 g/mol. The Labute approximate surface area is 194 Å². The lowest BCUT2D eigenvalue weighted by molar-refractivity contribution is -0.195. The van der Waals surface area contributed by atoms with Crippen molar-refractivity contribution in [1.82, 2.24) is 10.4 Å². The number of carbonyl (C=O) groups excluding carboxylic acids is 5. The number of ether oxygens (including phenoxy) is 1. The van der Waals surface area contributed by atoms with Crippen LogP contribution >= 0.6 is 21.6 Å². The second-order valence-corrected chi connectivity index (χ2v) is 9.38. The highest BCUT2D eigenvalue weighted by Crippen LogP contribution is 2.24. The number of primary amides is 1. The van der Waals surface area contributed by atoms with Crippen molar-refractivity contribution in [1.29, 1.82) is 0 Å². The lowest BCUT2D eigenvalue weighted by atomic mass is 10.1. The molecule has 0 aliphatic carbocycles. The van der Waals surface area contributed by atoms with Crippen molar-refractivity contribution in [2.24, 2.45) is 10.7 Å². The molecule has 13 heteroatoms. The number of nitrogens with one attached hydrogen (secondary N) is 1. The van der Waals surface area contributed by atoms with Gasteiger partial charge in [0, 0.05) is 31.6 Å². The van der Waals surface area contributed by atoms with Gasteiger partial charge in [-0.2, -0.15) is 0 Å². The third-order valence-corrected chi connectivity index (χ3v) is 6.47. The first-order valence-electron chi connectivity index (χ1n) is 10.3. The Balaban J connectivity index is 2.23. The van der Waals surface area contributed by atoms with Gasteiger partial charge < -0.3 is 20.6 Å². The van der Waals surface area contributed by atoms with Crippen molar-refractivity contribution in [2.75, 3.05) is 25.2 Å². The van der Waals surface area contributed by atoms with Crippen LogP contribution in [-0.2, 0) is 33.5 Å². The molecule has 1 rings (SSSR count). The second-order valence-electron chi connectivity index (χ2n) is 6.87. The van der Waals surface area contributed by atoms with Crippen LogP contribution in [0.15, 0.2) is 4.99 Å². The first kappa shape index (κ1) is 27.8. The summed E-state index contributed by atoms with van der Waals surface area (Å²) in [6.45, 7) is 0.510. The van der Waals surface area contributed by atoms with E-state index >= 15 is 0 Å². The SMILES string of the molecule is COC=NC(CSSCC(=O)ON1C(=O)CCC1=O)C(=O)NCCCCCCCC(N)=O.